The van der Waals surface area contributed by atoms with Gasteiger partial charge in [0.25, 0.3) is 5.91 Å². The number of carbonyl (C=O) groups excluding carboxylic acids is 2. The molecule has 1 amide bonds. The number of H-pyrrole nitrogens is 1. The third-order valence-electron chi connectivity index (χ3n) is 6.84. The molecule has 1 fully saturated rings. The molecule has 3 heterocycles. The Hall–Kier alpha value is -3.60. The van der Waals surface area contributed by atoms with Gasteiger partial charge < -0.3 is 20.0 Å². The van der Waals surface area contributed by atoms with Crippen LogP contribution in [0.25, 0.3) is 10.9 Å². The molecule has 1 atom stereocenters. The summed E-state index contributed by atoms with van der Waals surface area (Å²) in [6.45, 7) is 2.13. The van der Waals surface area contributed by atoms with E-state index in [2.05, 4.69) is 21.3 Å². The minimum absolute atomic E-state index is 0.0792. The molecule has 36 heavy (non-hydrogen) atoms. The zero-order valence-electron chi connectivity index (χ0n) is 19.1. The molecule has 1 aromatic heterocycles. The third-order valence-corrected chi connectivity index (χ3v) is 6.84. The molecule has 1 saturated heterocycles. The van der Waals surface area contributed by atoms with Crippen LogP contribution in [0.2, 0.25) is 0 Å². The van der Waals surface area contributed by atoms with E-state index < -0.39 is 30.0 Å². The number of carbonyl (C=O) groups is 2. The Morgan fingerprint density at radius 1 is 1.11 bits per heavy atom. The first-order valence-corrected chi connectivity index (χ1v) is 11.7. The summed E-state index contributed by atoms with van der Waals surface area (Å²) in [7, 11) is 0. The molecule has 190 valence electrons. The number of aromatic amines is 1. The van der Waals surface area contributed by atoms with E-state index in [0.717, 1.165) is 41.7 Å². The molecule has 0 spiro atoms. The van der Waals surface area contributed by atoms with Gasteiger partial charge >= 0.3 is 12.1 Å². The number of piperidine rings is 1. The maximum atomic E-state index is 13.7. The van der Waals surface area contributed by atoms with Gasteiger partial charge in [-0.05, 0) is 62.2 Å². The first-order chi connectivity index (χ1) is 17.2. The number of fused-ring (bicyclic) bond motifs is 2. The van der Waals surface area contributed by atoms with Crippen LogP contribution in [0.5, 0.6) is 0 Å². The summed E-state index contributed by atoms with van der Waals surface area (Å²) >= 11 is 0. The summed E-state index contributed by atoms with van der Waals surface area (Å²) in [6.07, 6.45) is -2.26. The molecule has 0 radical (unpaired) electrons. The van der Waals surface area contributed by atoms with Crippen molar-refractivity contribution in [2.75, 3.05) is 24.7 Å². The first kappa shape index (κ1) is 24.1. The maximum absolute atomic E-state index is 13.7. The molecule has 2 N–H and O–H groups in total. The molecule has 7 nitrogen and oxygen atoms in total. The van der Waals surface area contributed by atoms with Crippen molar-refractivity contribution >= 4 is 28.5 Å². The van der Waals surface area contributed by atoms with E-state index in [-0.39, 0.29) is 17.2 Å². The number of amides is 1. The van der Waals surface area contributed by atoms with Gasteiger partial charge in [0, 0.05) is 29.6 Å². The molecule has 2 aliphatic heterocycles. The van der Waals surface area contributed by atoms with Crippen molar-refractivity contribution in [2.45, 2.75) is 31.6 Å². The monoisotopic (exact) mass is 504 g/mol. The minimum Gasteiger partial charge on any atom is -0.361 e. The van der Waals surface area contributed by atoms with Crippen molar-refractivity contribution in [2.24, 2.45) is 5.92 Å². The number of hydroxylamine groups is 1. The summed E-state index contributed by atoms with van der Waals surface area (Å²) in [5, 5.41) is 4.57. The smallest absolute Gasteiger partial charge is 0.361 e. The minimum atomic E-state index is -5.22. The normalized spacial score (nSPS) is 19.3. The predicted octanol–water partition coefficient (Wildman–Crippen LogP) is 4.16. The zero-order chi connectivity index (χ0) is 25.4. The van der Waals surface area contributed by atoms with Gasteiger partial charge in [0.15, 0.2) is 0 Å². The zero-order valence-corrected chi connectivity index (χ0v) is 19.1. The largest absolute Gasteiger partial charge is 0.493 e. The fourth-order valence-electron chi connectivity index (χ4n) is 4.97. The Morgan fingerprint density at radius 2 is 1.86 bits per heavy atom. The number of rotatable bonds is 5. The first-order valence-electron chi connectivity index (χ1n) is 11.7. The van der Waals surface area contributed by atoms with Gasteiger partial charge in [-0.2, -0.15) is 18.2 Å². The summed E-state index contributed by atoms with van der Waals surface area (Å²) in [5.74, 6) is -4.05. The van der Waals surface area contributed by atoms with Gasteiger partial charge in [0.05, 0.1) is 11.3 Å². The van der Waals surface area contributed by atoms with E-state index in [4.69, 9.17) is 4.84 Å². The van der Waals surface area contributed by atoms with Crippen LogP contribution >= 0.6 is 0 Å². The van der Waals surface area contributed by atoms with Crippen molar-refractivity contribution in [3.8, 4) is 0 Å². The van der Waals surface area contributed by atoms with Gasteiger partial charge in [-0.1, -0.05) is 18.2 Å². The van der Waals surface area contributed by atoms with Gasteiger partial charge in [0.1, 0.15) is 12.0 Å². The molecule has 0 saturated carbocycles. The number of hydrogen-bond donors (Lipinski definition) is 2. The number of para-hydroxylation sites is 1. The standard InChI is InChI=1S/C25H24F4N4O3/c26-17-5-6-21-19(13-17)23(34)31-22(33(21)36-24(35)25(27,28)29)15-7-10-32(11-8-15)12-9-16-14-30-20-4-2-1-3-18(16)20/h1-6,13-15,22,30H,7-12H2,(H,31,34). The number of benzene rings is 2. The predicted molar refractivity (Wildman–Crippen MR) is 123 cm³/mol. The highest BCUT2D eigenvalue weighted by molar-refractivity contribution is 6.02. The molecule has 2 aliphatic rings. The van der Waals surface area contributed by atoms with Crippen molar-refractivity contribution in [3.05, 3.63) is 65.6 Å². The van der Waals surface area contributed by atoms with Crippen LogP contribution in [0.1, 0.15) is 28.8 Å². The third kappa shape index (κ3) is 4.75. The highest BCUT2D eigenvalue weighted by atomic mass is 19.4. The average Bonchev–Trinajstić information content (AvgIpc) is 3.27. The number of alkyl halides is 3. The van der Waals surface area contributed by atoms with Crippen LogP contribution in [0.4, 0.5) is 23.2 Å². The van der Waals surface area contributed by atoms with Gasteiger partial charge in [-0.3, -0.25) is 4.79 Å². The molecule has 3 aromatic rings. The maximum Gasteiger partial charge on any atom is 0.493 e. The summed E-state index contributed by atoms with van der Waals surface area (Å²) in [5.41, 5.74) is 2.01. The number of likely N-dealkylation sites (tertiary alicyclic amines) is 1. The Kier molecular flexibility index (Phi) is 6.33. The van der Waals surface area contributed by atoms with Gasteiger partial charge in [0.2, 0.25) is 0 Å². The second-order valence-corrected chi connectivity index (χ2v) is 9.07. The topological polar surface area (TPSA) is 77.7 Å². The Bertz CT molecular complexity index is 1280. The second-order valence-electron chi connectivity index (χ2n) is 9.07. The van der Waals surface area contributed by atoms with E-state index in [9.17, 15) is 27.2 Å². The number of halogens is 4. The van der Waals surface area contributed by atoms with Gasteiger partial charge in [-0.25, -0.2) is 9.18 Å². The van der Waals surface area contributed by atoms with E-state index in [1.807, 2.05) is 24.4 Å². The number of hydrogen-bond acceptors (Lipinski definition) is 5. The Morgan fingerprint density at radius 3 is 2.61 bits per heavy atom. The number of aromatic nitrogens is 1. The average molecular weight is 504 g/mol. The quantitative estimate of drug-likeness (QED) is 0.511. The SMILES string of the molecule is O=C1NC(C2CCN(CCc3c[nH]c4ccccc34)CC2)N(OC(=O)C(F)(F)F)c2ccc(F)cc21. The van der Waals surface area contributed by atoms with E-state index in [1.54, 1.807) is 0 Å². The van der Waals surface area contributed by atoms with Crippen LogP contribution in [0.15, 0.2) is 48.7 Å². The molecule has 2 aromatic carbocycles. The van der Waals surface area contributed by atoms with Gasteiger partial charge in [-0.15, -0.1) is 0 Å². The van der Waals surface area contributed by atoms with E-state index in [1.165, 1.54) is 10.9 Å². The summed E-state index contributed by atoms with van der Waals surface area (Å²) < 4.78 is 52.7. The molecular weight excluding hydrogens is 480 g/mol. The van der Waals surface area contributed by atoms with Crippen molar-refractivity contribution in [1.29, 1.82) is 0 Å². The number of nitrogens with one attached hydrogen (secondary N) is 2. The van der Waals surface area contributed by atoms with Crippen LogP contribution in [0, 0.1) is 11.7 Å². The summed E-state index contributed by atoms with van der Waals surface area (Å²) in [6, 6.07) is 11.1. The Balaban J connectivity index is 1.28. The lowest BCUT2D eigenvalue weighted by molar-refractivity contribution is -0.203. The highest BCUT2D eigenvalue weighted by Gasteiger charge is 2.46. The Labute approximate surface area is 204 Å². The van der Waals surface area contributed by atoms with Crippen LogP contribution in [0.3, 0.4) is 0 Å². The molecule has 11 heteroatoms. The van der Waals surface area contributed by atoms with Crippen LogP contribution < -0.4 is 10.4 Å². The molecule has 0 bridgehead atoms. The lowest BCUT2D eigenvalue weighted by atomic mass is 9.91. The molecule has 5 rings (SSSR count). The van der Waals surface area contributed by atoms with Crippen molar-refractivity contribution < 1.29 is 32.0 Å². The second kappa shape index (κ2) is 9.45. The molecular formula is C25H24F4N4O3. The summed E-state index contributed by atoms with van der Waals surface area (Å²) in [4.78, 5) is 34.6. The number of anilines is 1. The fraction of sp³-hybridized carbons (Fsp3) is 0.360. The van der Waals surface area contributed by atoms with Crippen molar-refractivity contribution in [3.63, 3.8) is 0 Å². The highest BCUT2D eigenvalue weighted by Crippen LogP contribution is 2.34. The number of nitrogens with zero attached hydrogens (tertiary/aromatic N) is 2. The molecule has 1 unspecified atom stereocenters. The lowest BCUT2D eigenvalue weighted by Crippen LogP contribution is -2.59. The van der Waals surface area contributed by atoms with Crippen molar-refractivity contribution in [1.82, 2.24) is 15.2 Å². The van der Waals surface area contributed by atoms with Crippen LogP contribution in [-0.4, -0.2) is 53.7 Å². The van der Waals surface area contributed by atoms with E-state index in [0.29, 0.717) is 25.9 Å². The molecule has 0 aliphatic carbocycles. The van der Waals surface area contributed by atoms with E-state index >= 15 is 0 Å². The van der Waals surface area contributed by atoms with Crippen LogP contribution in [-0.2, 0) is 16.1 Å². The lowest BCUT2D eigenvalue weighted by Gasteiger charge is -2.43. The fourth-order valence-corrected chi connectivity index (χ4v) is 4.97.